The molecular weight excluding hydrogens is 194 g/mol. The molecule has 2 aliphatic rings. The average molecular weight is 227 g/mol. The lowest BCUT2D eigenvalue weighted by Gasteiger charge is -2.42. The summed E-state index contributed by atoms with van der Waals surface area (Å²) >= 11 is 0. The molecule has 2 fully saturated rings. The molecule has 1 unspecified atom stereocenters. The highest BCUT2D eigenvalue weighted by Gasteiger charge is 2.39. The Morgan fingerprint density at radius 1 is 1.00 bits per heavy atom. The highest BCUT2D eigenvalue weighted by atomic mass is 15.1. The van der Waals surface area contributed by atoms with Gasteiger partial charge in [0.15, 0.2) is 0 Å². The van der Waals surface area contributed by atoms with Crippen molar-refractivity contribution in [2.45, 2.75) is 66.7 Å². The fraction of sp³-hybridized carbons (Fsp3) is 1.00. The van der Waals surface area contributed by atoms with Crippen LogP contribution in [0.3, 0.4) is 0 Å². The van der Waals surface area contributed by atoms with Crippen LogP contribution in [-0.2, 0) is 0 Å². The largest absolute Gasteiger partial charge is 0.306 e. The summed E-state index contributed by atoms with van der Waals surface area (Å²) < 4.78 is 0. The molecule has 1 saturated heterocycles. The van der Waals surface area contributed by atoms with Gasteiger partial charge in [-0.3, -0.25) is 0 Å². The van der Waals surface area contributed by atoms with E-state index in [1.165, 1.54) is 45.2 Å². The van der Waals surface area contributed by atoms with Gasteiger partial charge in [0.25, 0.3) is 0 Å². The maximum atomic E-state index is 2.51. The van der Waals surface area contributed by atoms with E-state index in [0.29, 0.717) is 0 Å². The van der Waals surface area contributed by atoms with E-state index in [9.17, 15) is 0 Å². The van der Waals surface area contributed by atoms with E-state index in [2.05, 4.69) is 18.9 Å². The van der Waals surface area contributed by atoms with E-state index in [0.717, 1.165) is 11.3 Å². The first kappa shape index (κ1) is 16.0. The summed E-state index contributed by atoms with van der Waals surface area (Å²) in [6, 6.07) is 0. The van der Waals surface area contributed by atoms with Gasteiger partial charge in [-0.25, -0.2) is 0 Å². The van der Waals surface area contributed by atoms with Crippen molar-refractivity contribution in [2.24, 2.45) is 11.3 Å². The summed E-state index contributed by atoms with van der Waals surface area (Å²) in [5, 5.41) is 0. The predicted octanol–water partition coefficient (Wildman–Crippen LogP) is 4.57. The maximum absolute atomic E-state index is 2.51. The minimum atomic E-state index is 0.796. The monoisotopic (exact) mass is 227 g/mol. The second-order valence-electron chi connectivity index (χ2n) is 5.18. The Balaban J connectivity index is 0.000000509. The van der Waals surface area contributed by atoms with Crippen molar-refractivity contribution < 1.29 is 0 Å². The smallest absolute Gasteiger partial charge is 0.000418 e. The lowest BCUT2D eigenvalue weighted by atomic mass is 9.63. The second-order valence-corrected chi connectivity index (χ2v) is 5.18. The molecule has 1 spiro atoms. The molecule has 1 nitrogen and oxygen atoms in total. The lowest BCUT2D eigenvalue weighted by molar-refractivity contribution is 0.0982. The minimum absolute atomic E-state index is 0.796. The third-order valence-corrected chi connectivity index (χ3v) is 3.84. The van der Waals surface area contributed by atoms with Crippen LogP contribution in [0.25, 0.3) is 0 Å². The number of hydrogen-bond donors (Lipinski definition) is 0. The van der Waals surface area contributed by atoms with Gasteiger partial charge in [-0.2, -0.15) is 0 Å². The Morgan fingerprint density at radius 2 is 1.56 bits per heavy atom. The van der Waals surface area contributed by atoms with Gasteiger partial charge in [0.2, 0.25) is 0 Å². The highest BCUT2D eigenvalue weighted by Crippen LogP contribution is 2.49. The van der Waals surface area contributed by atoms with Crippen molar-refractivity contribution in [1.82, 2.24) is 4.90 Å². The zero-order valence-electron chi connectivity index (χ0n) is 12.5. The van der Waals surface area contributed by atoms with Gasteiger partial charge in [0.1, 0.15) is 0 Å². The van der Waals surface area contributed by atoms with E-state index in [-0.39, 0.29) is 0 Å². The lowest BCUT2D eigenvalue weighted by Crippen LogP contribution is -2.31. The topological polar surface area (TPSA) is 3.24 Å². The van der Waals surface area contributed by atoms with Crippen LogP contribution in [0.2, 0.25) is 0 Å². The van der Waals surface area contributed by atoms with Gasteiger partial charge >= 0.3 is 0 Å². The van der Waals surface area contributed by atoms with Crippen LogP contribution in [0, 0.1) is 11.3 Å². The quantitative estimate of drug-likeness (QED) is 0.586. The molecule has 1 aliphatic carbocycles. The fourth-order valence-electron chi connectivity index (χ4n) is 3.09. The van der Waals surface area contributed by atoms with Gasteiger partial charge in [0, 0.05) is 6.54 Å². The average Bonchev–Trinajstić information content (AvgIpc) is 2.42. The number of hydrogen-bond acceptors (Lipinski definition) is 1. The standard InChI is InChI=1S/C11H21N.2C2H6/c1-10-8-11(4-3-5-11)6-7-12(2)9-10;2*1-2/h10H,3-9H2,1-2H3;2*1-2H3. The van der Waals surface area contributed by atoms with Crippen LogP contribution < -0.4 is 0 Å². The highest BCUT2D eigenvalue weighted by molar-refractivity contribution is 4.91. The normalized spacial score (nSPS) is 27.8. The molecule has 0 radical (unpaired) electrons. The third-order valence-electron chi connectivity index (χ3n) is 3.84. The van der Waals surface area contributed by atoms with Crippen molar-refractivity contribution >= 4 is 0 Å². The molecule has 1 aliphatic heterocycles. The van der Waals surface area contributed by atoms with Crippen LogP contribution >= 0.6 is 0 Å². The Hall–Kier alpha value is -0.0400. The Kier molecular flexibility index (Phi) is 8.09. The van der Waals surface area contributed by atoms with Gasteiger partial charge in [-0.05, 0) is 50.6 Å². The summed E-state index contributed by atoms with van der Waals surface area (Å²) in [7, 11) is 2.27. The van der Waals surface area contributed by atoms with Crippen LogP contribution in [0.4, 0.5) is 0 Å². The first-order valence-corrected chi connectivity index (χ1v) is 7.39. The Morgan fingerprint density at radius 3 is 2.00 bits per heavy atom. The van der Waals surface area contributed by atoms with Crippen molar-refractivity contribution in [1.29, 1.82) is 0 Å². The van der Waals surface area contributed by atoms with Crippen LogP contribution in [-0.4, -0.2) is 25.0 Å². The van der Waals surface area contributed by atoms with Crippen LogP contribution in [0.1, 0.15) is 66.7 Å². The molecule has 98 valence electrons. The number of rotatable bonds is 0. The molecule has 0 aromatic heterocycles. The zero-order valence-corrected chi connectivity index (χ0v) is 12.5. The molecule has 1 atom stereocenters. The molecule has 1 heterocycles. The molecule has 2 rings (SSSR count). The van der Waals surface area contributed by atoms with E-state index >= 15 is 0 Å². The summed E-state index contributed by atoms with van der Waals surface area (Å²) in [6.45, 7) is 13.1. The molecule has 0 bridgehead atoms. The zero-order chi connectivity index (χ0) is 12.6. The first-order chi connectivity index (χ1) is 7.70. The van der Waals surface area contributed by atoms with Crippen LogP contribution in [0.15, 0.2) is 0 Å². The molecule has 1 heteroatoms. The maximum Gasteiger partial charge on any atom is 0.000418 e. The van der Waals surface area contributed by atoms with Crippen molar-refractivity contribution in [3.8, 4) is 0 Å². The summed E-state index contributed by atoms with van der Waals surface area (Å²) in [5.74, 6) is 0.929. The summed E-state index contributed by atoms with van der Waals surface area (Å²) in [5.41, 5.74) is 0.796. The summed E-state index contributed by atoms with van der Waals surface area (Å²) in [6.07, 6.45) is 7.50. The summed E-state index contributed by atoms with van der Waals surface area (Å²) in [4.78, 5) is 2.51. The number of nitrogens with zero attached hydrogens (tertiary/aromatic N) is 1. The van der Waals surface area contributed by atoms with E-state index < -0.39 is 0 Å². The first-order valence-electron chi connectivity index (χ1n) is 7.39. The van der Waals surface area contributed by atoms with Gasteiger partial charge < -0.3 is 4.90 Å². The molecule has 0 amide bonds. The fourth-order valence-corrected chi connectivity index (χ4v) is 3.09. The van der Waals surface area contributed by atoms with E-state index in [4.69, 9.17) is 0 Å². The second kappa shape index (κ2) is 8.11. The molecular formula is C15H33N. The molecule has 16 heavy (non-hydrogen) atoms. The Labute approximate surface area is 104 Å². The van der Waals surface area contributed by atoms with Crippen LogP contribution in [0.5, 0.6) is 0 Å². The number of likely N-dealkylation sites (tertiary alicyclic amines) is 1. The van der Waals surface area contributed by atoms with Crippen molar-refractivity contribution in [2.75, 3.05) is 20.1 Å². The molecule has 0 aromatic carbocycles. The Bertz CT molecular complexity index is 161. The van der Waals surface area contributed by atoms with Gasteiger partial charge in [-0.1, -0.05) is 41.0 Å². The molecule has 0 aromatic rings. The SMILES string of the molecule is CC.CC.CC1CN(C)CCC2(CCC2)C1. The predicted molar refractivity (Wildman–Crippen MR) is 74.9 cm³/mol. The third kappa shape index (κ3) is 4.45. The van der Waals surface area contributed by atoms with Crippen molar-refractivity contribution in [3.63, 3.8) is 0 Å². The minimum Gasteiger partial charge on any atom is -0.306 e. The van der Waals surface area contributed by atoms with E-state index in [1.807, 2.05) is 27.7 Å². The van der Waals surface area contributed by atoms with Gasteiger partial charge in [0.05, 0.1) is 0 Å². The van der Waals surface area contributed by atoms with Gasteiger partial charge in [-0.15, -0.1) is 0 Å². The van der Waals surface area contributed by atoms with Crippen molar-refractivity contribution in [3.05, 3.63) is 0 Å². The molecule has 0 N–H and O–H groups in total. The molecule has 1 saturated carbocycles. The van der Waals surface area contributed by atoms with E-state index in [1.54, 1.807) is 0 Å².